The third-order valence-electron chi connectivity index (χ3n) is 3.12. The molecule has 1 unspecified atom stereocenters. The number of hydrogen-bond acceptors (Lipinski definition) is 5. The second-order valence-electron chi connectivity index (χ2n) is 5.16. The van der Waals surface area contributed by atoms with Crippen molar-refractivity contribution < 1.29 is 14.3 Å². The first kappa shape index (κ1) is 14.1. The molecule has 0 bridgehead atoms. The fourth-order valence-corrected chi connectivity index (χ4v) is 1.73. The van der Waals surface area contributed by atoms with Gasteiger partial charge >= 0.3 is 6.09 Å². The fraction of sp³-hybridized carbons (Fsp3) is 0.286. The molecule has 1 aliphatic heterocycles. The Kier molecular flexibility index (Phi) is 3.76. The van der Waals surface area contributed by atoms with E-state index in [4.69, 9.17) is 10.5 Å². The van der Waals surface area contributed by atoms with E-state index in [2.05, 4.69) is 5.43 Å². The van der Waals surface area contributed by atoms with Gasteiger partial charge in [0.1, 0.15) is 6.29 Å². The van der Waals surface area contributed by atoms with E-state index >= 15 is 0 Å². The van der Waals surface area contributed by atoms with Crippen molar-refractivity contribution in [1.82, 2.24) is 10.4 Å². The second-order valence-corrected chi connectivity index (χ2v) is 5.16. The van der Waals surface area contributed by atoms with Crippen molar-refractivity contribution >= 4 is 18.1 Å². The van der Waals surface area contributed by atoms with Gasteiger partial charge in [0, 0.05) is 11.6 Å². The number of para-hydroxylation sites is 2. The lowest BCUT2D eigenvalue weighted by Gasteiger charge is -2.26. The molecule has 1 amide bonds. The van der Waals surface area contributed by atoms with Gasteiger partial charge in [-0.25, -0.2) is 15.2 Å². The number of nitrogens with zero attached hydrogens (tertiary/aromatic N) is 1. The molecule has 0 aliphatic carbocycles. The second kappa shape index (κ2) is 5.34. The maximum absolute atomic E-state index is 12.0. The van der Waals surface area contributed by atoms with Crippen LogP contribution in [0.3, 0.4) is 0 Å². The van der Waals surface area contributed by atoms with E-state index in [1.54, 1.807) is 44.2 Å². The van der Waals surface area contributed by atoms with Gasteiger partial charge in [0.25, 0.3) is 0 Å². The van der Waals surface area contributed by atoms with E-state index in [1.165, 1.54) is 11.2 Å². The van der Waals surface area contributed by atoms with Gasteiger partial charge in [-0.15, -0.1) is 0 Å². The first-order valence-corrected chi connectivity index (χ1v) is 6.20. The Morgan fingerprint density at radius 3 is 2.80 bits per heavy atom. The number of carbonyl (C=O) groups excluding carboxylic acids is 2. The Hall–Kier alpha value is -2.34. The quantitative estimate of drug-likeness (QED) is 0.648. The third-order valence-corrected chi connectivity index (χ3v) is 3.12. The van der Waals surface area contributed by atoms with Crippen LogP contribution in [0, 0.1) is 5.41 Å². The molecule has 1 aromatic carbocycles. The first-order valence-electron chi connectivity index (χ1n) is 6.20. The van der Waals surface area contributed by atoms with Crippen molar-refractivity contribution in [3.05, 3.63) is 36.5 Å². The summed E-state index contributed by atoms with van der Waals surface area (Å²) in [4.78, 5) is 23.0. The molecule has 1 heterocycles. The largest absolute Gasteiger partial charge is 0.434 e. The van der Waals surface area contributed by atoms with E-state index in [-0.39, 0.29) is 6.04 Å². The predicted octanol–water partition coefficient (Wildman–Crippen LogP) is 1.70. The van der Waals surface area contributed by atoms with Crippen molar-refractivity contribution in [3.8, 4) is 5.75 Å². The third kappa shape index (κ3) is 2.80. The molecule has 0 radical (unpaired) electrons. The smallest absolute Gasteiger partial charge is 0.407 e. The Balaban J connectivity index is 2.01. The number of nitrogens with two attached hydrogens (primary N) is 1. The molecular formula is C14H17N3O3. The van der Waals surface area contributed by atoms with Crippen LogP contribution in [-0.2, 0) is 4.79 Å². The molecule has 2 rings (SSSR count). The van der Waals surface area contributed by atoms with E-state index in [0.29, 0.717) is 11.4 Å². The molecule has 6 heteroatoms. The molecule has 0 saturated heterocycles. The van der Waals surface area contributed by atoms with Gasteiger partial charge in [-0.3, -0.25) is 0 Å². The van der Waals surface area contributed by atoms with Gasteiger partial charge < -0.3 is 15.3 Å². The Morgan fingerprint density at radius 2 is 2.15 bits per heavy atom. The molecule has 0 spiro atoms. The molecule has 1 aliphatic rings. The van der Waals surface area contributed by atoms with Gasteiger partial charge in [-0.1, -0.05) is 26.0 Å². The average molecular weight is 275 g/mol. The van der Waals surface area contributed by atoms with Crippen molar-refractivity contribution in [2.75, 3.05) is 5.73 Å². The highest BCUT2D eigenvalue weighted by Crippen LogP contribution is 2.24. The summed E-state index contributed by atoms with van der Waals surface area (Å²) in [6, 6.07) is 6.47. The van der Waals surface area contributed by atoms with Gasteiger partial charge in [0.05, 0.1) is 11.7 Å². The van der Waals surface area contributed by atoms with Crippen molar-refractivity contribution in [2.24, 2.45) is 5.41 Å². The van der Waals surface area contributed by atoms with Crippen LogP contribution in [0.4, 0.5) is 10.5 Å². The van der Waals surface area contributed by atoms with Gasteiger partial charge in [-0.05, 0) is 18.2 Å². The van der Waals surface area contributed by atoms with Gasteiger partial charge in [0.2, 0.25) is 0 Å². The average Bonchev–Trinajstić information content (AvgIpc) is 2.92. The number of nitrogen functional groups attached to an aromatic ring is 1. The number of amides is 1. The van der Waals surface area contributed by atoms with Crippen LogP contribution in [0.5, 0.6) is 5.75 Å². The zero-order chi connectivity index (χ0) is 14.8. The van der Waals surface area contributed by atoms with Crippen LogP contribution in [0.15, 0.2) is 36.5 Å². The summed E-state index contributed by atoms with van der Waals surface area (Å²) >= 11 is 0. The van der Waals surface area contributed by atoms with Crippen LogP contribution in [-0.4, -0.2) is 23.4 Å². The summed E-state index contributed by atoms with van der Waals surface area (Å²) in [5, 5.41) is 1.20. The number of benzene rings is 1. The highest BCUT2D eigenvalue weighted by atomic mass is 16.6. The summed E-state index contributed by atoms with van der Waals surface area (Å²) in [7, 11) is 0. The Bertz CT molecular complexity index is 554. The minimum atomic E-state index is -0.614. The Morgan fingerprint density at radius 1 is 1.45 bits per heavy atom. The normalized spacial score (nSPS) is 18.1. The standard InChI is InChI=1S/C14H17N3O3/c1-14(2,9-18)12-7-8-17(16-12)13(19)20-11-6-4-3-5-10(11)15/h3-9,12,16H,15H2,1-2H3. The molecule has 0 fully saturated rings. The summed E-state index contributed by atoms with van der Waals surface area (Å²) < 4.78 is 5.18. The van der Waals surface area contributed by atoms with Crippen LogP contribution < -0.4 is 15.9 Å². The van der Waals surface area contributed by atoms with Crippen molar-refractivity contribution in [2.45, 2.75) is 19.9 Å². The number of hydrazine groups is 1. The molecule has 6 nitrogen and oxygen atoms in total. The van der Waals surface area contributed by atoms with Crippen molar-refractivity contribution in [1.29, 1.82) is 0 Å². The summed E-state index contributed by atoms with van der Waals surface area (Å²) in [6.07, 6.45) is 3.52. The molecular weight excluding hydrogens is 258 g/mol. The van der Waals surface area contributed by atoms with Gasteiger partial charge in [-0.2, -0.15) is 0 Å². The number of hydrogen-bond donors (Lipinski definition) is 2. The number of aldehydes is 1. The summed E-state index contributed by atoms with van der Waals surface area (Å²) in [6.45, 7) is 3.57. The van der Waals surface area contributed by atoms with Crippen LogP contribution >= 0.6 is 0 Å². The zero-order valence-corrected chi connectivity index (χ0v) is 11.4. The monoisotopic (exact) mass is 275 g/mol. The molecule has 0 aromatic heterocycles. The lowest BCUT2D eigenvalue weighted by Crippen LogP contribution is -2.47. The number of anilines is 1. The highest BCUT2D eigenvalue weighted by Gasteiger charge is 2.33. The molecule has 1 aromatic rings. The minimum absolute atomic E-state index is 0.263. The topological polar surface area (TPSA) is 84.7 Å². The van der Waals surface area contributed by atoms with E-state index in [1.807, 2.05) is 0 Å². The molecule has 20 heavy (non-hydrogen) atoms. The SMILES string of the molecule is CC(C)(C=O)C1C=CN(C(=O)Oc2ccccc2N)N1. The lowest BCUT2D eigenvalue weighted by molar-refractivity contribution is -0.115. The molecule has 3 N–H and O–H groups in total. The first-order chi connectivity index (χ1) is 9.44. The Labute approximate surface area is 117 Å². The molecule has 0 saturated carbocycles. The number of rotatable bonds is 3. The number of ether oxygens (including phenoxy) is 1. The van der Waals surface area contributed by atoms with Crippen molar-refractivity contribution in [3.63, 3.8) is 0 Å². The lowest BCUT2D eigenvalue weighted by atomic mass is 9.87. The minimum Gasteiger partial charge on any atom is -0.407 e. The van der Waals surface area contributed by atoms with Crippen LogP contribution in [0.2, 0.25) is 0 Å². The number of nitrogens with one attached hydrogen (secondary N) is 1. The summed E-state index contributed by atoms with van der Waals surface area (Å²) in [5.41, 5.74) is 8.37. The van der Waals surface area contributed by atoms with Crippen LogP contribution in [0.25, 0.3) is 0 Å². The van der Waals surface area contributed by atoms with E-state index in [9.17, 15) is 9.59 Å². The van der Waals surface area contributed by atoms with Gasteiger partial charge in [0.15, 0.2) is 5.75 Å². The number of carbonyl (C=O) groups is 2. The molecule has 106 valence electrons. The fourth-order valence-electron chi connectivity index (χ4n) is 1.73. The van der Waals surface area contributed by atoms with E-state index in [0.717, 1.165) is 6.29 Å². The zero-order valence-electron chi connectivity index (χ0n) is 11.4. The summed E-state index contributed by atoms with van der Waals surface area (Å²) in [5.74, 6) is 0.297. The molecule has 1 atom stereocenters. The van der Waals surface area contributed by atoms with Crippen LogP contribution in [0.1, 0.15) is 13.8 Å². The van der Waals surface area contributed by atoms with E-state index < -0.39 is 11.5 Å². The highest BCUT2D eigenvalue weighted by molar-refractivity contribution is 5.74. The predicted molar refractivity (Wildman–Crippen MR) is 74.6 cm³/mol. The maximum atomic E-state index is 12.0. The maximum Gasteiger partial charge on any atom is 0.434 e.